The Hall–Kier alpha value is -1.39. The summed E-state index contributed by atoms with van der Waals surface area (Å²) >= 11 is 6.00. The lowest BCUT2D eigenvalue weighted by Gasteiger charge is -2.17. The molecule has 0 bridgehead atoms. The van der Waals surface area contributed by atoms with Gasteiger partial charge in [-0.15, -0.1) is 0 Å². The smallest absolute Gasteiger partial charge is 0.261 e. The average molecular weight is 308 g/mol. The van der Waals surface area contributed by atoms with Gasteiger partial charge in [0.05, 0.1) is 16.9 Å². The third-order valence-electron chi connectivity index (χ3n) is 3.69. The van der Waals surface area contributed by atoms with Gasteiger partial charge < -0.3 is 5.32 Å². The molecule has 4 nitrogen and oxygen atoms in total. The van der Waals surface area contributed by atoms with Gasteiger partial charge >= 0.3 is 0 Å². The molecule has 0 aliphatic heterocycles. The second-order valence-electron chi connectivity index (χ2n) is 5.38. The number of unbranched alkanes of at least 4 members (excludes halogenated alkanes) is 2. The molecule has 1 heterocycles. The van der Waals surface area contributed by atoms with Crippen LogP contribution in [0.1, 0.15) is 45.0 Å². The van der Waals surface area contributed by atoms with Crippen LogP contribution in [-0.2, 0) is 7.05 Å². The Balaban J connectivity index is 2.31. The summed E-state index contributed by atoms with van der Waals surface area (Å²) in [5, 5.41) is 4.62. The molecule has 1 atom stereocenters. The van der Waals surface area contributed by atoms with Crippen LogP contribution in [0.15, 0.2) is 23.0 Å². The van der Waals surface area contributed by atoms with Gasteiger partial charge in [-0.1, -0.05) is 31.4 Å². The van der Waals surface area contributed by atoms with E-state index in [0.29, 0.717) is 15.9 Å². The largest absolute Gasteiger partial charge is 0.308 e. The summed E-state index contributed by atoms with van der Waals surface area (Å²) in [6, 6.07) is 5.23. The number of hydrogen-bond donors (Lipinski definition) is 1. The van der Waals surface area contributed by atoms with E-state index >= 15 is 0 Å². The second-order valence-corrected chi connectivity index (χ2v) is 5.81. The van der Waals surface area contributed by atoms with Crippen LogP contribution in [0.25, 0.3) is 10.9 Å². The highest BCUT2D eigenvalue weighted by atomic mass is 35.5. The Kier molecular flexibility index (Phi) is 5.37. The van der Waals surface area contributed by atoms with E-state index in [1.54, 1.807) is 29.8 Å². The van der Waals surface area contributed by atoms with E-state index in [0.717, 1.165) is 18.8 Å². The highest BCUT2D eigenvalue weighted by molar-refractivity contribution is 6.31. The lowest BCUT2D eigenvalue weighted by molar-refractivity contribution is 0.504. The van der Waals surface area contributed by atoms with Crippen molar-refractivity contribution in [3.05, 3.63) is 39.4 Å². The number of fused-ring (bicyclic) bond motifs is 1. The summed E-state index contributed by atoms with van der Waals surface area (Å²) in [5.74, 6) is 0.742. The first-order valence-corrected chi connectivity index (χ1v) is 7.82. The molecule has 1 aromatic carbocycles. The molecule has 0 aliphatic carbocycles. The van der Waals surface area contributed by atoms with Crippen molar-refractivity contribution >= 4 is 22.5 Å². The fraction of sp³-hybridized carbons (Fsp3) is 0.500. The Morgan fingerprint density at radius 3 is 2.86 bits per heavy atom. The Morgan fingerprint density at radius 1 is 1.38 bits per heavy atom. The molecule has 2 rings (SSSR count). The number of aromatic nitrogens is 2. The molecule has 21 heavy (non-hydrogen) atoms. The number of nitrogens with zero attached hydrogens (tertiary/aromatic N) is 2. The van der Waals surface area contributed by atoms with Gasteiger partial charge in [0.2, 0.25) is 0 Å². The van der Waals surface area contributed by atoms with Gasteiger partial charge in [0, 0.05) is 12.1 Å². The first-order chi connectivity index (χ1) is 10.0. The van der Waals surface area contributed by atoms with E-state index < -0.39 is 0 Å². The Bertz CT molecular complexity index is 681. The topological polar surface area (TPSA) is 46.9 Å². The molecule has 2 aromatic rings. The highest BCUT2D eigenvalue weighted by Crippen LogP contribution is 2.17. The molecule has 0 aliphatic rings. The number of hydrogen-bond acceptors (Lipinski definition) is 3. The first kappa shape index (κ1) is 16.0. The van der Waals surface area contributed by atoms with Crippen LogP contribution in [0.5, 0.6) is 0 Å². The maximum atomic E-state index is 12.4. The van der Waals surface area contributed by atoms with Crippen LogP contribution in [0.3, 0.4) is 0 Å². The SMILES string of the molecule is CCCCCN[C@H](C)c1nc2cc(Cl)ccc2c(=O)n1C. The van der Waals surface area contributed by atoms with E-state index in [1.807, 2.05) is 6.92 Å². The van der Waals surface area contributed by atoms with Crippen molar-refractivity contribution in [1.29, 1.82) is 0 Å². The minimum absolute atomic E-state index is 0.0305. The predicted molar refractivity (Wildman–Crippen MR) is 87.9 cm³/mol. The molecular formula is C16H22ClN3O. The summed E-state index contributed by atoms with van der Waals surface area (Å²) in [6.07, 6.45) is 3.54. The maximum absolute atomic E-state index is 12.4. The Labute approximate surface area is 130 Å². The molecule has 5 heteroatoms. The quantitative estimate of drug-likeness (QED) is 0.832. The normalized spacial score (nSPS) is 12.8. The monoisotopic (exact) mass is 307 g/mol. The predicted octanol–water partition coefficient (Wildman–Crippen LogP) is 3.43. The minimum Gasteiger partial charge on any atom is -0.308 e. The van der Waals surface area contributed by atoms with Crippen molar-refractivity contribution in [3.8, 4) is 0 Å². The fourth-order valence-corrected chi connectivity index (χ4v) is 2.60. The average Bonchev–Trinajstić information content (AvgIpc) is 2.47. The molecule has 0 spiro atoms. The van der Waals surface area contributed by atoms with Gasteiger partial charge in [-0.3, -0.25) is 9.36 Å². The van der Waals surface area contributed by atoms with Crippen LogP contribution >= 0.6 is 11.6 Å². The molecule has 0 radical (unpaired) electrons. The summed E-state index contributed by atoms with van der Waals surface area (Å²) in [5.41, 5.74) is 0.622. The van der Waals surface area contributed by atoms with E-state index in [2.05, 4.69) is 17.2 Å². The molecule has 0 amide bonds. The molecule has 114 valence electrons. The van der Waals surface area contributed by atoms with E-state index in [-0.39, 0.29) is 11.6 Å². The maximum Gasteiger partial charge on any atom is 0.261 e. The molecular weight excluding hydrogens is 286 g/mol. The van der Waals surface area contributed by atoms with Gasteiger partial charge in [0.1, 0.15) is 5.82 Å². The zero-order valence-corrected chi connectivity index (χ0v) is 13.6. The fourth-order valence-electron chi connectivity index (χ4n) is 2.43. The van der Waals surface area contributed by atoms with Crippen molar-refractivity contribution in [2.45, 2.75) is 39.2 Å². The summed E-state index contributed by atoms with van der Waals surface area (Å²) < 4.78 is 1.62. The Morgan fingerprint density at radius 2 is 2.14 bits per heavy atom. The van der Waals surface area contributed by atoms with Crippen molar-refractivity contribution in [2.24, 2.45) is 7.05 Å². The molecule has 1 N–H and O–H groups in total. The highest BCUT2D eigenvalue weighted by Gasteiger charge is 2.14. The van der Waals surface area contributed by atoms with Crippen LogP contribution in [0, 0.1) is 0 Å². The third-order valence-corrected chi connectivity index (χ3v) is 3.93. The number of halogens is 1. The standard InChI is InChI=1S/C16H22ClN3O/c1-4-5-6-9-18-11(2)15-19-14-10-12(17)7-8-13(14)16(21)20(15)3/h7-8,10-11,18H,4-6,9H2,1-3H3/t11-/m1/s1. The van der Waals surface area contributed by atoms with Crippen molar-refractivity contribution < 1.29 is 0 Å². The zero-order chi connectivity index (χ0) is 15.4. The molecule has 0 fully saturated rings. The van der Waals surface area contributed by atoms with Gasteiger partial charge in [-0.05, 0) is 38.1 Å². The van der Waals surface area contributed by atoms with Gasteiger partial charge in [0.25, 0.3) is 5.56 Å². The van der Waals surface area contributed by atoms with Gasteiger partial charge in [0.15, 0.2) is 0 Å². The zero-order valence-electron chi connectivity index (χ0n) is 12.8. The van der Waals surface area contributed by atoms with Gasteiger partial charge in [-0.2, -0.15) is 0 Å². The van der Waals surface area contributed by atoms with Crippen LogP contribution in [0.2, 0.25) is 5.02 Å². The lowest BCUT2D eigenvalue weighted by Crippen LogP contribution is -2.29. The lowest BCUT2D eigenvalue weighted by atomic mass is 10.2. The number of rotatable bonds is 6. The van der Waals surface area contributed by atoms with Crippen molar-refractivity contribution in [3.63, 3.8) is 0 Å². The van der Waals surface area contributed by atoms with Crippen molar-refractivity contribution in [1.82, 2.24) is 14.9 Å². The first-order valence-electron chi connectivity index (χ1n) is 7.44. The summed E-state index contributed by atoms with van der Waals surface area (Å²) in [6.45, 7) is 5.14. The number of benzene rings is 1. The second kappa shape index (κ2) is 7.05. The minimum atomic E-state index is -0.0334. The van der Waals surface area contributed by atoms with E-state index in [4.69, 9.17) is 11.6 Å². The summed E-state index contributed by atoms with van der Waals surface area (Å²) in [7, 11) is 1.77. The molecule has 0 saturated carbocycles. The molecule has 1 aromatic heterocycles. The number of nitrogens with one attached hydrogen (secondary N) is 1. The van der Waals surface area contributed by atoms with E-state index in [9.17, 15) is 4.79 Å². The van der Waals surface area contributed by atoms with Crippen LogP contribution in [0.4, 0.5) is 0 Å². The summed E-state index contributed by atoms with van der Waals surface area (Å²) in [4.78, 5) is 17.0. The molecule has 0 unspecified atom stereocenters. The van der Waals surface area contributed by atoms with E-state index in [1.165, 1.54) is 12.8 Å². The van der Waals surface area contributed by atoms with Crippen LogP contribution < -0.4 is 10.9 Å². The third kappa shape index (κ3) is 3.63. The molecule has 0 saturated heterocycles. The van der Waals surface area contributed by atoms with Crippen molar-refractivity contribution in [2.75, 3.05) is 6.54 Å². The van der Waals surface area contributed by atoms with Gasteiger partial charge in [-0.25, -0.2) is 4.98 Å². The van der Waals surface area contributed by atoms with Crippen LogP contribution in [-0.4, -0.2) is 16.1 Å².